The third-order valence-corrected chi connectivity index (χ3v) is 3.96. The smallest absolute Gasteiger partial charge is 0.280 e. The lowest BCUT2D eigenvalue weighted by molar-refractivity contribution is -0.383. The maximum absolute atomic E-state index is 11.5. The van der Waals surface area contributed by atoms with Crippen LogP contribution >= 0.6 is 24.8 Å². The van der Waals surface area contributed by atoms with E-state index in [0.717, 1.165) is 42.6 Å². The van der Waals surface area contributed by atoms with Gasteiger partial charge in [0.05, 0.1) is 21.6 Å². The highest BCUT2D eigenvalue weighted by Crippen LogP contribution is 2.36. The van der Waals surface area contributed by atoms with Crippen LogP contribution < -0.4 is 10.6 Å². The summed E-state index contributed by atoms with van der Waals surface area (Å²) in [6.07, 6.45) is 0.937. The van der Waals surface area contributed by atoms with Crippen LogP contribution in [0.5, 0.6) is 0 Å². The molecule has 3 aromatic rings. The predicted molar refractivity (Wildman–Crippen MR) is 112 cm³/mol. The molecule has 0 spiro atoms. The second-order valence-electron chi connectivity index (χ2n) is 5.57. The van der Waals surface area contributed by atoms with Crippen molar-refractivity contribution in [1.29, 1.82) is 0 Å². The summed E-state index contributed by atoms with van der Waals surface area (Å²) in [6, 6.07) is 12.8. The van der Waals surface area contributed by atoms with E-state index in [1.165, 1.54) is 6.07 Å². The van der Waals surface area contributed by atoms with Crippen LogP contribution in [0, 0.1) is 10.1 Å². The van der Waals surface area contributed by atoms with Gasteiger partial charge in [0.25, 0.3) is 5.69 Å². The number of hydrogen-bond donors (Lipinski definition) is 2. The lowest BCUT2D eigenvalue weighted by Crippen LogP contribution is -2.17. The van der Waals surface area contributed by atoms with Crippen LogP contribution in [0.25, 0.3) is 21.8 Å². The first kappa shape index (κ1) is 21.9. The highest BCUT2D eigenvalue weighted by atomic mass is 35.5. The van der Waals surface area contributed by atoms with Gasteiger partial charge in [-0.05, 0) is 31.6 Å². The van der Waals surface area contributed by atoms with Crippen LogP contribution in [0.15, 0.2) is 42.5 Å². The van der Waals surface area contributed by atoms with Gasteiger partial charge in [-0.2, -0.15) is 0 Å². The van der Waals surface area contributed by atoms with Gasteiger partial charge in [0.1, 0.15) is 5.39 Å². The van der Waals surface area contributed by atoms with Gasteiger partial charge in [-0.15, -0.1) is 24.8 Å². The van der Waals surface area contributed by atoms with Gasteiger partial charge in [0, 0.05) is 18.0 Å². The third kappa shape index (κ3) is 4.52. The molecule has 0 aliphatic heterocycles. The number of nitro benzene ring substituents is 1. The first-order chi connectivity index (χ1) is 11.7. The summed E-state index contributed by atoms with van der Waals surface area (Å²) in [5, 5.41) is 19.6. The molecule has 2 N–H and O–H groups in total. The van der Waals surface area contributed by atoms with Crippen LogP contribution in [-0.4, -0.2) is 29.5 Å². The Morgan fingerprint density at radius 2 is 1.77 bits per heavy atom. The zero-order chi connectivity index (χ0) is 16.9. The summed E-state index contributed by atoms with van der Waals surface area (Å²) in [4.78, 5) is 15.7. The lowest BCUT2D eigenvalue weighted by atomic mass is 10.1. The highest BCUT2D eigenvalue weighted by Gasteiger charge is 2.18. The summed E-state index contributed by atoms with van der Waals surface area (Å²) in [5.41, 5.74) is 2.34. The molecule has 0 atom stereocenters. The van der Waals surface area contributed by atoms with Crippen molar-refractivity contribution >= 4 is 58.0 Å². The Bertz CT molecular complexity index is 890. The van der Waals surface area contributed by atoms with Gasteiger partial charge in [0.15, 0.2) is 0 Å². The molecule has 2 aromatic carbocycles. The van der Waals surface area contributed by atoms with Gasteiger partial charge in [-0.1, -0.05) is 31.2 Å². The molecule has 0 amide bonds. The number of aromatic nitrogens is 1. The molecule has 0 aliphatic rings. The molecule has 140 valence electrons. The maximum Gasteiger partial charge on any atom is 0.280 e. The summed E-state index contributed by atoms with van der Waals surface area (Å²) in [5.74, 6) is 0. The van der Waals surface area contributed by atoms with E-state index in [-0.39, 0.29) is 35.4 Å². The highest BCUT2D eigenvalue weighted by molar-refractivity contribution is 6.11. The van der Waals surface area contributed by atoms with E-state index >= 15 is 0 Å². The molecular weight excluding hydrogens is 375 g/mol. The van der Waals surface area contributed by atoms with Gasteiger partial charge < -0.3 is 10.6 Å². The van der Waals surface area contributed by atoms with E-state index in [2.05, 4.69) is 22.5 Å². The Hall–Kier alpha value is -2.15. The number of para-hydroxylation sites is 1. The fraction of sp³-hybridized carbons (Fsp3) is 0.278. The van der Waals surface area contributed by atoms with Crippen molar-refractivity contribution in [3.05, 3.63) is 52.6 Å². The van der Waals surface area contributed by atoms with Crippen molar-refractivity contribution in [2.24, 2.45) is 0 Å². The third-order valence-electron chi connectivity index (χ3n) is 3.96. The fourth-order valence-electron chi connectivity index (χ4n) is 2.86. The molecule has 0 saturated heterocycles. The fourth-order valence-corrected chi connectivity index (χ4v) is 2.86. The molecule has 1 aromatic heterocycles. The minimum Gasteiger partial charge on any atom is -0.384 e. The topological polar surface area (TPSA) is 80.1 Å². The molecular formula is C18H22Cl2N4O2. The molecule has 0 aliphatic carbocycles. The second kappa shape index (κ2) is 10.1. The number of hydrogen-bond acceptors (Lipinski definition) is 5. The number of non-ortho nitro benzene ring substituents is 1. The number of rotatable bonds is 7. The second-order valence-corrected chi connectivity index (χ2v) is 5.57. The van der Waals surface area contributed by atoms with Crippen molar-refractivity contribution in [3.63, 3.8) is 0 Å². The Balaban J connectivity index is 0.00000169. The molecule has 0 fully saturated rings. The molecule has 8 heteroatoms. The summed E-state index contributed by atoms with van der Waals surface area (Å²) in [6.45, 7) is 4.65. The van der Waals surface area contributed by atoms with E-state index in [1.54, 1.807) is 6.07 Å². The zero-order valence-electron chi connectivity index (χ0n) is 14.4. The number of pyridine rings is 1. The van der Waals surface area contributed by atoms with E-state index in [9.17, 15) is 10.1 Å². The molecule has 0 unspecified atom stereocenters. The Morgan fingerprint density at radius 3 is 2.50 bits per heavy atom. The van der Waals surface area contributed by atoms with Crippen LogP contribution in [0.3, 0.4) is 0 Å². The van der Waals surface area contributed by atoms with E-state index in [4.69, 9.17) is 0 Å². The normalized spacial score (nSPS) is 10.2. The van der Waals surface area contributed by atoms with E-state index in [0.29, 0.717) is 10.9 Å². The van der Waals surface area contributed by atoms with Crippen LogP contribution in [0.1, 0.15) is 13.3 Å². The molecule has 0 radical (unpaired) electrons. The first-order valence-electron chi connectivity index (χ1n) is 8.13. The summed E-state index contributed by atoms with van der Waals surface area (Å²) in [7, 11) is 0. The van der Waals surface area contributed by atoms with Crippen molar-refractivity contribution in [2.45, 2.75) is 13.3 Å². The van der Waals surface area contributed by atoms with Crippen molar-refractivity contribution < 1.29 is 4.92 Å². The Kier molecular flexibility index (Phi) is 8.51. The van der Waals surface area contributed by atoms with Crippen molar-refractivity contribution in [3.8, 4) is 0 Å². The number of nitro groups is 1. The summed E-state index contributed by atoms with van der Waals surface area (Å²) >= 11 is 0. The quantitative estimate of drug-likeness (QED) is 0.265. The SMILES string of the molecule is CCNCCCNc1c2ccccc2nc2cccc([N+](=O)[O-])c12.Cl.Cl. The average molecular weight is 397 g/mol. The molecule has 3 rings (SSSR count). The molecule has 0 saturated carbocycles. The Labute approximate surface area is 164 Å². The van der Waals surface area contributed by atoms with Gasteiger partial charge >= 0.3 is 0 Å². The zero-order valence-corrected chi connectivity index (χ0v) is 16.0. The molecule has 26 heavy (non-hydrogen) atoms. The van der Waals surface area contributed by atoms with Gasteiger partial charge in [-0.3, -0.25) is 10.1 Å². The number of benzene rings is 2. The summed E-state index contributed by atoms with van der Waals surface area (Å²) < 4.78 is 0. The monoisotopic (exact) mass is 396 g/mol. The molecule has 1 heterocycles. The van der Waals surface area contributed by atoms with E-state index in [1.807, 2.05) is 30.3 Å². The number of nitrogens with one attached hydrogen (secondary N) is 2. The molecule has 6 nitrogen and oxygen atoms in total. The van der Waals surface area contributed by atoms with Crippen LogP contribution in [0.4, 0.5) is 11.4 Å². The van der Waals surface area contributed by atoms with Gasteiger partial charge in [-0.25, -0.2) is 4.98 Å². The van der Waals surface area contributed by atoms with Crippen molar-refractivity contribution in [2.75, 3.05) is 25.0 Å². The number of fused-ring (bicyclic) bond motifs is 2. The minimum atomic E-state index is -0.345. The largest absolute Gasteiger partial charge is 0.384 e. The number of anilines is 1. The van der Waals surface area contributed by atoms with Crippen LogP contribution in [-0.2, 0) is 0 Å². The van der Waals surface area contributed by atoms with Crippen LogP contribution in [0.2, 0.25) is 0 Å². The lowest BCUT2D eigenvalue weighted by Gasteiger charge is -2.13. The van der Waals surface area contributed by atoms with E-state index < -0.39 is 0 Å². The minimum absolute atomic E-state index is 0. The predicted octanol–water partition coefficient (Wildman–Crippen LogP) is 4.55. The number of halogens is 2. The van der Waals surface area contributed by atoms with Crippen molar-refractivity contribution in [1.82, 2.24) is 10.3 Å². The first-order valence-corrected chi connectivity index (χ1v) is 8.13. The Morgan fingerprint density at radius 1 is 1.04 bits per heavy atom. The average Bonchev–Trinajstić information content (AvgIpc) is 2.60. The van der Waals surface area contributed by atoms with Gasteiger partial charge in [0.2, 0.25) is 0 Å². The number of nitrogens with zero attached hydrogens (tertiary/aromatic N) is 2. The maximum atomic E-state index is 11.5. The standard InChI is InChI=1S/C18H20N4O2.2ClH/c1-2-19-11-6-12-20-18-13-7-3-4-8-14(13)21-15-9-5-10-16(17(15)18)22(23)24;;/h3-5,7-10,19H,2,6,11-12H2,1H3,(H,20,21);2*1H. The molecule has 0 bridgehead atoms.